The van der Waals surface area contributed by atoms with Crippen LogP contribution < -0.4 is 0 Å². The Morgan fingerprint density at radius 3 is 2.60 bits per heavy atom. The Bertz CT molecular complexity index is 268. The van der Waals surface area contributed by atoms with E-state index in [1.165, 1.54) is 0 Å². The van der Waals surface area contributed by atoms with Crippen LogP contribution in [0.4, 0.5) is 0 Å². The van der Waals surface area contributed by atoms with Gasteiger partial charge in [0.1, 0.15) is 5.78 Å². The smallest absolute Gasteiger partial charge is 0.373 e. The van der Waals surface area contributed by atoms with Crippen LogP contribution in [-0.2, 0) is 18.1 Å². The first kappa shape index (κ1) is 11.3. The normalized spacial score (nSPS) is 40.5. The molecule has 0 amide bonds. The zero-order valence-electron chi connectivity index (χ0n) is 9.49. The van der Waals surface area contributed by atoms with Gasteiger partial charge in [0, 0.05) is 18.1 Å². The van der Waals surface area contributed by atoms with Crippen molar-refractivity contribution in [3.8, 4) is 0 Å². The molecule has 15 heavy (non-hydrogen) atoms. The van der Waals surface area contributed by atoms with E-state index in [2.05, 4.69) is 13.8 Å². The van der Waals surface area contributed by atoms with Crippen molar-refractivity contribution < 1.29 is 18.1 Å². The molecule has 2 bridgehead atoms. The first-order valence-corrected chi connectivity index (χ1v) is 7.30. The highest BCUT2D eigenvalue weighted by Gasteiger charge is 2.54. The average molecular weight is 230 g/mol. The van der Waals surface area contributed by atoms with E-state index in [1.807, 2.05) is 0 Å². The fourth-order valence-electron chi connectivity index (χ4n) is 2.06. The summed E-state index contributed by atoms with van der Waals surface area (Å²) in [7, 11) is -2.45. The largest absolute Gasteiger partial charge is 0.504 e. The molecule has 2 heterocycles. The first-order valence-electron chi connectivity index (χ1n) is 5.49. The SMILES string of the molecule is CC(=O)C1CO[Si]2(C(C)C)OCC(C1)O2. The van der Waals surface area contributed by atoms with Gasteiger partial charge in [-0.25, -0.2) is 0 Å². The Morgan fingerprint density at radius 2 is 2.00 bits per heavy atom. The summed E-state index contributed by atoms with van der Waals surface area (Å²) in [5.41, 5.74) is 0.271. The molecule has 0 N–H and O–H groups in total. The van der Waals surface area contributed by atoms with E-state index in [1.54, 1.807) is 6.92 Å². The third kappa shape index (κ3) is 2.01. The minimum absolute atomic E-state index is 0.00738. The lowest BCUT2D eigenvalue weighted by molar-refractivity contribution is -0.122. The standard InChI is InChI=1S/C10H18O4Si/c1-7(2)15-12-5-9(8(3)11)4-10(14-15)6-13-15/h7,9-10H,4-6H2,1-3H3. The maximum absolute atomic E-state index is 11.3. The third-order valence-corrected chi connectivity index (χ3v) is 6.33. The van der Waals surface area contributed by atoms with Gasteiger partial charge < -0.3 is 13.3 Å². The monoisotopic (exact) mass is 230 g/mol. The van der Waals surface area contributed by atoms with E-state index in [0.29, 0.717) is 13.2 Å². The van der Waals surface area contributed by atoms with Crippen molar-refractivity contribution in [2.75, 3.05) is 13.2 Å². The van der Waals surface area contributed by atoms with Crippen LogP contribution in [0, 0.1) is 5.92 Å². The molecule has 0 saturated carbocycles. The second-order valence-electron chi connectivity index (χ2n) is 4.66. The predicted octanol–water partition coefficient (Wildman–Crippen LogP) is 1.38. The van der Waals surface area contributed by atoms with Crippen LogP contribution in [0.25, 0.3) is 0 Å². The van der Waals surface area contributed by atoms with Crippen molar-refractivity contribution in [2.24, 2.45) is 5.92 Å². The molecule has 2 aliphatic heterocycles. The Kier molecular flexibility index (Phi) is 2.98. The molecule has 0 aromatic rings. The lowest BCUT2D eigenvalue weighted by Crippen LogP contribution is -2.44. The molecular weight excluding hydrogens is 212 g/mol. The van der Waals surface area contributed by atoms with Crippen LogP contribution in [0.5, 0.6) is 0 Å². The fourth-order valence-corrected chi connectivity index (χ4v) is 4.69. The third-order valence-electron chi connectivity index (χ3n) is 3.12. The second-order valence-corrected chi connectivity index (χ2v) is 7.84. The van der Waals surface area contributed by atoms with Crippen LogP contribution in [0.2, 0.25) is 5.54 Å². The first-order chi connectivity index (χ1) is 7.03. The predicted molar refractivity (Wildman–Crippen MR) is 56.4 cm³/mol. The fraction of sp³-hybridized carbons (Fsp3) is 0.900. The summed E-state index contributed by atoms with van der Waals surface area (Å²) >= 11 is 0. The summed E-state index contributed by atoms with van der Waals surface area (Å²) < 4.78 is 17.4. The van der Waals surface area contributed by atoms with Gasteiger partial charge in [0.05, 0.1) is 12.7 Å². The highest BCUT2D eigenvalue weighted by Crippen LogP contribution is 2.36. The molecular formula is C10H18O4Si. The van der Waals surface area contributed by atoms with Gasteiger partial charge >= 0.3 is 8.80 Å². The molecule has 2 fully saturated rings. The molecule has 4 nitrogen and oxygen atoms in total. The molecule has 2 rings (SSSR count). The van der Waals surface area contributed by atoms with Gasteiger partial charge in [0.15, 0.2) is 0 Å². The van der Waals surface area contributed by atoms with Crippen LogP contribution in [0.3, 0.4) is 0 Å². The van der Waals surface area contributed by atoms with E-state index < -0.39 is 8.80 Å². The number of rotatable bonds is 2. The quantitative estimate of drug-likeness (QED) is 0.672. The van der Waals surface area contributed by atoms with Crippen molar-refractivity contribution in [3.63, 3.8) is 0 Å². The van der Waals surface area contributed by atoms with E-state index in [4.69, 9.17) is 13.3 Å². The van der Waals surface area contributed by atoms with Gasteiger partial charge in [0.2, 0.25) is 0 Å². The van der Waals surface area contributed by atoms with Gasteiger partial charge in [0.25, 0.3) is 0 Å². The van der Waals surface area contributed by atoms with Crippen molar-refractivity contribution in [2.45, 2.75) is 38.8 Å². The Labute approximate surface area is 91.3 Å². The number of carbonyl (C=O) groups is 1. The minimum atomic E-state index is -2.45. The van der Waals surface area contributed by atoms with Crippen LogP contribution in [0.15, 0.2) is 0 Å². The minimum Gasteiger partial charge on any atom is -0.373 e. The summed E-state index contributed by atoms with van der Waals surface area (Å²) in [5, 5.41) is 0. The number of Topliss-reactive ketones (excluding diaryl/α,β-unsaturated/α-hetero) is 1. The molecule has 0 aliphatic carbocycles. The summed E-state index contributed by atoms with van der Waals surface area (Å²) in [5.74, 6) is 0.186. The zero-order valence-corrected chi connectivity index (χ0v) is 10.5. The van der Waals surface area contributed by atoms with E-state index in [0.717, 1.165) is 6.42 Å². The van der Waals surface area contributed by atoms with Gasteiger partial charge in [-0.05, 0) is 13.3 Å². The summed E-state index contributed by atoms with van der Waals surface area (Å²) in [6, 6.07) is 0. The average Bonchev–Trinajstić information content (AvgIpc) is 2.42. The van der Waals surface area contributed by atoms with Crippen molar-refractivity contribution >= 4 is 14.6 Å². The Hall–Kier alpha value is -0.233. The molecule has 0 aromatic heterocycles. The zero-order chi connectivity index (χ0) is 11.1. The maximum Gasteiger partial charge on any atom is 0.504 e. The number of hydrogen-bond acceptors (Lipinski definition) is 4. The second kappa shape index (κ2) is 3.97. The van der Waals surface area contributed by atoms with E-state index in [-0.39, 0.29) is 23.3 Å². The van der Waals surface area contributed by atoms with Crippen molar-refractivity contribution in [3.05, 3.63) is 0 Å². The van der Waals surface area contributed by atoms with Crippen LogP contribution >= 0.6 is 0 Å². The number of fused-ring (bicyclic) bond motifs is 2. The summed E-state index contributed by atoms with van der Waals surface area (Å²) in [6.07, 6.45) is 0.812. The molecule has 2 aliphatic rings. The highest BCUT2D eigenvalue weighted by atomic mass is 28.4. The van der Waals surface area contributed by atoms with Crippen LogP contribution in [0.1, 0.15) is 27.2 Å². The van der Waals surface area contributed by atoms with Crippen LogP contribution in [-0.4, -0.2) is 33.9 Å². The number of hydrogen-bond donors (Lipinski definition) is 0. The molecule has 5 heteroatoms. The van der Waals surface area contributed by atoms with Gasteiger partial charge in [-0.1, -0.05) is 13.8 Å². The highest BCUT2D eigenvalue weighted by molar-refractivity contribution is 6.62. The lowest BCUT2D eigenvalue weighted by atomic mass is 9.99. The van der Waals surface area contributed by atoms with E-state index in [9.17, 15) is 4.79 Å². The topological polar surface area (TPSA) is 44.8 Å². The van der Waals surface area contributed by atoms with Gasteiger partial charge in [-0.3, -0.25) is 4.79 Å². The Morgan fingerprint density at radius 1 is 1.33 bits per heavy atom. The Balaban J connectivity index is 2.12. The molecule has 2 saturated heterocycles. The number of ketones is 1. The lowest BCUT2D eigenvalue weighted by Gasteiger charge is -2.26. The van der Waals surface area contributed by atoms with E-state index >= 15 is 0 Å². The summed E-state index contributed by atoms with van der Waals surface area (Å²) in [4.78, 5) is 11.3. The number of carbonyl (C=O) groups excluding carboxylic acids is 1. The molecule has 86 valence electrons. The molecule has 0 aromatic carbocycles. The molecule has 0 spiro atoms. The van der Waals surface area contributed by atoms with Crippen molar-refractivity contribution in [1.82, 2.24) is 0 Å². The maximum atomic E-state index is 11.3. The van der Waals surface area contributed by atoms with Gasteiger partial charge in [-0.2, -0.15) is 0 Å². The molecule has 3 unspecified atom stereocenters. The molecule has 3 atom stereocenters. The summed E-state index contributed by atoms with van der Waals surface area (Å²) in [6.45, 7) is 6.80. The van der Waals surface area contributed by atoms with Crippen molar-refractivity contribution in [1.29, 1.82) is 0 Å². The molecule has 0 radical (unpaired) electrons. The van der Waals surface area contributed by atoms with Gasteiger partial charge in [-0.15, -0.1) is 0 Å².